The number of halogens is 6. The number of pyridine rings is 6. The number of ether oxygens (including phenoxy) is 4. The van der Waals surface area contributed by atoms with Gasteiger partial charge in [-0.05, 0) is 113 Å². The van der Waals surface area contributed by atoms with E-state index < -0.39 is 59.8 Å². The summed E-state index contributed by atoms with van der Waals surface area (Å²) in [5.74, 6) is 0.360. The highest BCUT2D eigenvalue weighted by molar-refractivity contribution is 5.96. The molecular formula is C46H48F6N10O6. The zero-order valence-corrected chi connectivity index (χ0v) is 38.2. The van der Waals surface area contributed by atoms with E-state index >= 15 is 0 Å². The summed E-state index contributed by atoms with van der Waals surface area (Å²) in [5, 5.41) is 7.87. The third-order valence-corrected chi connectivity index (χ3v) is 11.5. The second-order valence-corrected chi connectivity index (χ2v) is 17.8. The average molecular weight is 951 g/mol. The van der Waals surface area contributed by atoms with Crippen LogP contribution in [0.2, 0.25) is 0 Å². The van der Waals surface area contributed by atoms with E-state index in [0.29, 0.717) is 91.3 Å². The maximum atomic E-state index is 12.7. The van der Waals surface area contributed by atoms with Crippen LogP contribution in [0.25, 0.3) is 21.5 Å². The lowest BCUT2D eigenvalue weighted by Gasteiger charge is -2.25. The molecular weight excluding hydrogens is 903 g/mol. The molecule has 8 heterocycles. The minimum absolute atomic E-state index is 0.185. The van der Waals surface area contributed by atoms with E-state index in [1.54, 1.807) is 64.1 Å². The number of rotatable bonds is 12. The highest BCUT2D eigenvalue weighted by atomic mass is 19.4. The number of nitrogens with one attached hydrogen (secondary N) is 2. The Balaban J connectivity index is 0.000000201. The van der Waals surface area contributed by atoms with Crippen molar-refractivity contribution in [3.63, 3.8) is 0 Å². The number of aromatic nitrogens is 6. The summed E-state index contributed by atoms with van der Waals surface area (Å²) in [6, 6.07) is 9.81. The molecule has 0 aliphatic carbocycles. The highest BCUT2D eigenvalue weighted by Gasteiger charge is 2.41. The van der Waals surface area contributed by atoms with Crippen LogP contribution in [0.1, 0.15) is 111 Å². The van der Waals surface area contributed by atoms with Crippen molar-refractivity contribution in [1.29, 1.82) is 0 Å². The predicted molar refractivity (Wildman–Crippen MR) is 238 cm³/mol. The van der Waals surface area contributed by atoms with Gasteiger partial charge in [-0.1, -0.05) is 13.8 Å². The normalized spacial score (nSPS) is 16.6. The van der Waals surface area contributed by atoms with Gasteiger partial charge in [0.05, 0.1) is 21.9 Å². The Morgan fingerprint density at radius 3 is 1.28 bits per heavy atom. The van der Waals surface area contributed by atoms with Crippen molar-refractivity contribution in [2.75, 3.05) is 23.8 Å². The Morgan fingerprint density at radius 1 is 0.574 bits per heavy atom. The van der Waals surface area contributed by atoms with Crippen molar-refractivity contribution < 1.29 is 54.9 Å². The molecule has 6 aromatic heterocycles. The second-order valence-electron chi connectivity index (χ2n) is 17.8. The van der Waals surface area contributed by atoms with Crippen molar-refractivity contribution in [1.82, 2.24) is 29.9 Å². The summed E-state index contributed by atoms with van der Waals surface area (Å²) in [4.78, 5) is 49.8. The number of nitrogens with two attached hydrogens (primary N) is 2. The molecule has 2 aliphatic heterocycles. The lowest BCUT2D eigenvalue weighted by Crippen LogP contribution is -2.32. The number of anilines is 4. The monoisotopic (exact) mass is 950 g/mol. The molecule has 2 atom stereocenters. The van der Waals surface area contributed by atoms with Crippen LogP contribution in [0, 0.1) is 0 Å². The third-order valence-electron chi connectivity index (χ3n) is 11.5. The number of hydrogen-bond acceptors (Lipinski definition) is 16. The first-order chi connectivity index (χ1) is 31.6. The maximum absolute atomic E-state index is 12.7. The predicted octanol–water partition coefficient (Wildman–Crippen LogP) is 9.40. The van der Waals surface area contributed by atoms with Crippen LogP contribution in [-0.2, 0) is 31.8 Å². The van der Waals surface area contributed by atoms with Gasteiger partial charge < -0.3 is 41.0 Å². The average Bonchev–Trinajstić information content (AvgIpc) is 3.64. The summed E-state index contributed by atoms with van der Waals surface area (Å²) >= 11 is 0. The second kappa shape index (κ2) is 17.6. The van der Waals surface area contributed by atoms with E-state index in [-0.39, 0.29) is 11.8 Å². The maximum Gasteiger partial charge on any atom is 0.422 e. The van der Waals surface area contributed by atoms with Gasteiger partial charge in [0.15, 0.2) is 13.2 Å². The minimum Gasteiger partial charge on any atom is -0.468 e. The van der Waals surface area contributed by atoms with Gasteiger partial charge >= 0.3 is 24.3 Å². The Kier molecular flexibility index (Phi) is 12.7. The Bertz CT molecular complexity index is 2750. The molecule has 0 amide bonds. The van der Waals surface area contributed by atoms with Crippen LogP contribution in [0.15, 0.2) is 61.2 Å². The van der Waals surface area contributed by atoms with Crippen LogP contribution >= 0.6 is 0 Å². The largest absolute Gasteiger partial charge is 0.468 e. The number of nitrogens with zero attached hydrogens (tertiary/aromatic N) is 6. The zero-order valence-electron chi connectivity index (χ0n) is 38.2. The SMILES string of the molecule is CC[C@@](C)(N)c1cnc(OCC(F)(F)F)c2cnc(Nc3ccc4c(n3)C(C)(C)OC4=O)cc12.CC[C@](C)(N)c1cnc(OCC(F)(F)F)c2cnc(Nc3ccc4c(n3)C(C)(C)OC4=O)cc12. The van der Waals surface area contributed by atoms with E-state index in [2.05, 4.69) is 40.5 Å². The van der Waals surface area contributed by atoms with Crippen LogP contribution in [0.4, 0.5) is 49.6 Å². The van der Waals surface area contributed by atoms with E-state index in [1.807, 2.05) is 27.7 Å². The van der Waals surface area contributed by atoms with E-state index in [1.165, 1.54) is 24.8 Å². The smallest absolute Gasteiger partial charge is 0.422 e. The molecule has 6 N–H and O–H groups in total. The topological polar surface area (TPSA) is 225 Å². The quantitative estimate of drug-likeness (QED) is 0.0662. The molecule has 8 rings (SSSR count). The summed E-state index contributed by atoms with van der Waals surface area (Å²) in [6.07, 6.45) is -2.26. The van der Waals surface area contributed by atoms with Crippen molar-refractivity contribution in [2.24, 2.45) is 11.5 Å². The number of carbonyl (C=O) groups is 2. The molecule has 0 spiro atoms. The molecule has 0 saturated carbocycles. The fourth-order valence-corrected chi connectivity index (χ4v) is 7.42. The molecule has 0 bridgehead atoms. The molecule has 22 heteroatoms. The molecule has 16 nitrogen and oxygen atoms in total. The number of fused-ring (bicyclic) bond motifs is 4. The fraction of sp³-hybridized carbons (Fsp3) is 0.391. The van der Waals surface area contributed by atoms with Crippen LogP contribution in [0.3, 0.4) is 0 Å². The standard InChI is InChI=1S/2C23H24F3N5O3/c2*1-5-22(4,27)15-10-29-19(33-11-23(24,25)26)14-9-28-17(8-13(14)15)30-16-7-6-12-18(31-16)21(2,3)34-20(12)32/h2*6-10H,5,11,27H2,1-4H3,(H,28,30,31)/t2*22-/m10/s1. The van der Waals surface area contributed by atoms with Crippen LogP contribution in [-0.4, -0.2) is 67.4 Å². The molecule has 0 saturated heterocycles. The summed E-state index contributed by atoms with van der Waals surface area (Å²) in [6.45, 7) is 11.5. The Morgan fingerprint density at radius 2 is 0.941 bits per heavy atom. The molecule has 0 aromatic carbocycles. The summed E-state index contributed by atoms with van der Waals surface area (Å²) < 4.78 is 96.8. The fourth-order valence-electron chi connectivity index (χ4n) is 7.42. The van der Waals surface area contributed by atoms with Gasteiger partial charge in [-0.15, -0.1) is 0 Å². The highest BCUT2D eigenvalue weighted by Crippen LogP contribution is 2.39. The third kappa shape index (κ3) is 10.3. The number of cyclic esters (lactones) is 2. The number of alkyl halides is 6. The molecule has 6 aromatic rings. The molecule has 2 aliphatic rings. The van der Waals surface area contributed by atoms with Gasteiger partial charge in [-0.2, -0.15) is 26.3 Å². The Hall–Kier alpha value is -6.94. The van der Waals surface area contributed by atoms with Gasteiger partial charge in [-0.3, -0.25) is 0 Å². The number of esters is 2. The van der Waals surface area contributed by atoms with Crippen molar-refractivity contribution in [3.05, 3.63) is 94.8 Å². The lowest BCUT2D eigenvalue weighted by molar-refractivity contribution is -0.154. The first kappa shape index (κ1) is 49.0. The Labute approximate surface area is 385 Å². The van der Waals surface area contributed by atoms with Crippen LogP contribution < -0.4 is 31.6 Å². The van der Waals surface area contributed by atoms with Gasteiger partial charge in [0, 0.05) is 35.9 Å². The van der Waals surface area contributed by atoms with Crippen LogP contribution in [0.5, 0.6) is 11.8 Å². The first-order valence-electron chi connectivity index (χ1n) is 21.2. The number of hydrogen-bond donors (Lipinski definition) is 4. The van der Waals surface area contributed by atoms with E-state index in [4.69, 9.17) is 30.4 Å². The lowest BCUT2D eigenvalue weighted by atomic mass is 9.88. The van der Waals surface area contributed by atoms with E-state index in [0.717, 1.165) is 0 Å². The van der Waals surface area contributed by atoms with E-state index in [9.17, 15) is 35.9 Å². The molecule has 0 radical (unpaired) electrons. The minimum atomic E-state index is -4.51. The van der Waals surface area contributed by atoms with Gasteiger partial charge in [-0.25, -0.2) is 39.5 Å². The molecule has 0 fully saturated rings. The first-order valence-corrected chi connectivity index (χ1v) is 21.2. The van der Waals surface area contributed by atoms with Crippen molar-refractivity contribution >= 4 is 56.8 Å². The van der Waals surface area contributed by atoms with Crippen molar-refractivity contribution in [3.8, 4) is 11.8 Å². The van der Waals surface area contributed by atoms with Gasteiger partial charge in [0.2, 0.25) is 11.8 Å². The summed E-state index contributed by atoms with van der Waals surface area (Å²) in [7, 11) is 0. The molecule has 0 unspecified atom stereocenters. The van der Waals surface area contributed by atoms with Gasteiger partial charge in [0.1, 0.15) is 45.9 Å². The van der Waals surface area contributed by atoms with Gasteiger partial charge in [0.25, 0.3) is 0 Å². The van der Waals surface area contributed by atoms with Crippen molar-refractivity contribution in [2.45, 2.75) is 103 Å². The zero-order chi connectivity index (χ0) is 49.8. The number of carbonyl (C=O) groups excluding carboxylic acids is 2. The molecule has 360 valence electrons. The summed E-state index contributed by atoms with van der Waals surface area (Å²) in [5.41, 5.74) is 12.6. The molecule has 68 heavy (non-hydrogen) atoms.